The lowest BCUT2D eigenvalue weighted by atomic mass is 10.2. The normalized spacial score (nSPS) is 11.6. The number of halogens is 1. The van der Waals surface area contributed by atoms with E-state index in [1.165, 1.54) is 12.4 Å². The van der Waals surface area contributed by atoms with Crippen LogP contribution in [0.2, 0.25) is 0 Å². The van der Waals surface area contributed by atoms with Crippen molar-refractivity contribution in [1.82, 2.24) is 10.4 Å². The van der Waals surface area contributed by atoms with E-state index in [0.29, 0.717) is 5.56 Å². The van der Waals surface area contributed by atoms with Crippen molar-refractivity contribution in [2.75, 3.05) is 0 Å². The van der Waals surface area contributed by atoms with Crippen molar-refractivity contribution in [2.24, 2.45) is 5.10 Å². The zero-order chi connectivity index (χ0) is 15.1. The van der Waals surface area contributed by atoms with Crippen LogP contribution in [0.15, 0.2) is 58.2 Å². The van der Waals surface area contributed by atoms with Crippen LogP contribution in [0.4, 0.5) is 0 Å². The minimum Gasteiger partial charge on any atom is -0.267 e. The predicted octanol–water partition coefficient (Wildman–Crippen LogP) is 3.54. The van der Waals surface area contributed by atoms with E-state index in [1.807, 2.05) is 43.3 Å². The van der Waals surface area contributed by atoms with Gasteiger partial charge in [0.15, 0.2) is 0 Å². The second-order valence-corrected chi connectivity index (χ2v) is 5.24. The number of nitrogens with one attached hydrogen (secondary N) is 1. The molecule has 1 aromatic carbocycles. The van der Waals surface area contributed by atoms with Gasteiger partial charge >= 0.3 is 0 Å². The molecule has 2 aromatic rings. The highest BCUT2D eigenvalue weighted by atomic mass is 79.9. The maximum atomic E-state index is 11.8. The number of hydrogen-bond donors (Lipinski definition) is 1. The Kier molecular flexibility index (Phi) is 5.40. The molecule has 21 heavy (non-hydrogen) atoms. The SMILES string of the molecule is Cc1ccc(C(=O)N/N=C\C(Br)=C\c2ccccc2)cn1. The maximum Gasteiger partial charge on any atom is 0.272 e. The standard InChI is InChI=1S/C16H14BrN3O/c1-12-7-8-14(10-18-12)16(21)20-19-11-15(17)9-13-5-3-2-4-6-13/h2-11H,1H3,(H,20,21)/b15-9-,19-11-. The molecule has 1 heterocycles. The van der Waals surface area contributed by atoms with E-state index in [0.717, 1.165) is 15.7 Å². The number of hydrogen-bond acceptors (Lipinski definition) is 3. The van der Waals surface area contributed by atoms with E-state index in [2.05, 4.69) is 31.4 Å². The number of pyridine rings is 1. The summed E-state index contributed by atoms with van der Waals surface area (Å²) in [6.07, 6.45) is 4.96. The number of aromatic nitrogens is 1. The molecular formula is C16H14BrN3O. The predicted molar refractivity (Wildman–Crippen MR) is 88.3 cm³/mol. The Morgan fingerprint density at radius 3 is 2.67 bits per heavy atom. The van der Waals surface area contributed by atoms with Crippen molar-refractivity contribution in [3.63, 3.8) is 0 Å². The average molecular weight is 344 g/mol. The van der Waals surface area contributed by atoms with Gasteiger partial charge in [-0.1, -0.05) is 30.3 Å². The summed E-state index contributed by atoms with van der Waals surface area (Å²) in [5.74, 6) is -0.293. The third-order valence-corrected chi connectivity index (χ3v) is 3.07. The van der Waals surface area contributed by atoms with Gasteiger partial charge in [0.2, 0.25) is 0 Å². The smallest absolute Gasteiger partial charge is 0.267 e. The number of benzene rings is 1. The number of carbonyl (C=O) groups is 1. The molecule has 0 saturated carbocycles. The summed E-state index contributed by atoms with van der Waals surface area (Å²) >= 11 is 3.38. The second kappa shape index (κ2) is 7.50. The molecule has 2 rings (SSSR count). The fourth-order valence-corrected chi connectivity index (χ4v) is 1.93. The highest BCUT2D eigenvalue weighted by Gasteiger charge is 2.03. The molecule has 0 unspecified atom stereocenters. The third kappa shape index (κ3) is 4.96. The largest absolute Gasteiger partial charge is 0.272 e. The van der Waals surface area contributed by atoms with Gasteiger partial charge in [-0.3, -0.25) is 9.78 Å². The van der Waals surface area contributed by atoms with Crippen molar-refractivity contribution in [3.05, 3.63) is 70.0 Å². The molecule has 0 atom stereocenters. The molecule has 0 aliphatic carbocycles. The van der Waals surface area contributed by atoms with E-state index < -0.39 is 0 Å². The number of nitrogens with zero attached hydrogens (tertiary/aromatic N) is 2. The van der Waals surface area contributed by atoms with Crippen LogP contribution in [0.25, 0.3) is 6.08 Å². The first-order chi connectivity index (χ1) is 10.1. The van der Waals surface area contributed by atoms with Gasteiger partial charge in [-0.15, -0.1) is 0 Å². The quantitative estimate of drug-likeness (QED) is 0.681. The van der Waals surface area contributed by atoms with Gasteiger partial charge in [-0.05, 0) is 46.6 Å². The van der Waals surface area contributed by atoms with Gasteiger partial charge in [0, 0.05) is 16.4 Å². The van der Waals surface area contributed by atoms with Gasteiger partial charge in [-0.2, -0.15) is 5.10 Å². The van der Waals surface area contributed by atoms with Crippen LogP contribution < -0.4 is 5.43 Å². The lowest BCUT2D eigenvalue weighted by molar-refractivity contribution is 0.0955. The molecule has 0 saturated heterocycles. The van der Waals surface area contributed by atoms with Crippen LogP contribution in [-0.4, -0.2) is 17.1 Å². The van der Waals surface area contributed by atoms with Gasteiger partial charge in [-0.25, -0.2) is 5.43 Å². The molecule has 0 spiro atoms. The number of amides is 1. The molecule has 1 aromatic heterocycles. The van der Waals surface area contributed by atoms with Gasteiger partial charge in [0.25, 0.3) is 5.91 Å². The first kappa shape index (κ1) is 15.1. The van der Waals surface area contributed by atoms with Crippen molar-refractivity contribution < 1.29 is 4.79 Å². The van der Waals surface area contributed by atoms with Gasteiger partial charge in [0.1, 0.15) is 0 Å². The zero-order valence-corrected chi connectivity index (χ0v) is 13.0. The third-order valence-electron chi connectivity index (χ3n) is 2.63. The molecule has 0 bridgehead atoms. The maximum absolute atomic E-state index is 11.8. The van der Waals surface area contributed by atoms with Crippen LogP contribution in [0.5, 0.6) is 0 Å². The molecular weight excluding hydrogens is 330 g/mol. The Labute approximate surface area is 131 Å². The number of rotatable bonds is 4. The van der Waals surface area contributed by atoms with E-state index >= 15 is 0 Å². The first-order valence-electron chi connectivity index (χ1n) is 6.33. The summed E-state index contributed by atoms with van der Waals surface area (Å²) in [6.45, 7) is 1.87. The molecule has 1 N–H and O–H groups in total. The van der Waals surface area contributed by atoms with Crippen LogP contribution in [0.1, 0.15) is 21.6 Å². The summed E-state index contributed by atoms with van der Waals surface area (Å²) in [4.78, 5) is 15.9. The van der Waals surface area contributed by atoms with Crippen LogP contribution in [0, 0.1) is 6.92 Å². The van der Waals surface area contributed by atoms with Crippen molar-refractivity contribution in [3.8, 4) is 0 Å². The fourth-order valence-electron chi connectivity index (χ4n) is 1.56. The van der Waals surface area contributed by atoms with Gasteiger partial charge in [0.05, 0.1) is 11.8 Å². The molecule has 0 fully saturated rings. The highest BCUT2D eigenvalue weighted by Crippen LogP contribution is 2.09. The van der Waals surface area contributed by atoms with Crippen LogP contribution in [0.3, 0.4) is 0 Å². The fraction of sp³-hybridized carbons (Fsp3) is 0.0625. The number of allylic oxidation sites excluding steroid dienone is 1. The highest BCUT2D eigenvalue weighted by molar-refractivity contribution is 9.12. The van der Waals surface area contributed by atoms with E-state index in [-0.39, 0.29) is 5.91 Å². The first-order valence-corrected chi connectivity index (χ1v) is 7.13. The number of carbonyl (C=O) groups excluding carboxylic acids is 1. The average Bonchev–Trinajstić information content (AvgIpc) is 2.49. The summed E-state index contributed by atoms with van der Waals surface area (Å²) in [5, 5.41) is 3.90. The molecule has 0 radical (unpaired) electrons. The lowest BCUT2D eigenvalue weighted by Crippen LogP contribution is -2.17. The lowest BCUT2D eigenvalue weighted by Gasteiger charge is -1.99. The number of hydrazone groups is 1. The monoisotopic (exact) mass is 343 g/mol. The molecule has 0 aliphatic heterocycles. The van der Waals surface area contributed by atoms with Crippen molar-refractivity contribution >= 4 is 34.1 Å². The summed E-state index contributed by atoms with van der Waals surface area (Å²) in [6, 6.07) is 13.3. The summed E-state index contributed by atoms with van der Waals surface area (Å²) in [7, 11) is 0. The minimum absolute atomic E-state index is 0.293. The molecule has 106 valence electrons. The topological polar surface area (TPSA) is 54.4 Å². The van der Waals surface area contributed by atoms with E-state index in [9.17, 15) is 4.79 Å². The molecule has 5 heteroatoms. The Morgan fingerprint density at radius 2 is 2.00 bits per heavy atom. The second-order valence-electron chi connectivity index (χ2n) is 4.33. The summed E-state index contributed by atoms with van der Waals surface area (Å²) < 4.78 is 0.760. The minimum atomic E-state index is -0.293. The molecule has 1 amide bonds. The Bertz CT molecular complexity index is 664. The van der Waals surface area contributed by atoms with Crippen molar-refractivity contribution in [2.45, 2.75) is 6.92 Å². The Hall–Kier alpha value is -2.27. The number of aryl methyl sites for hydroxylation is 1. The van der Waals surface area contributed by atoms with Gasteiger partial charge < -0.3 is 0 Å². The van der Waals surface area contributed by atoms with Crippen LogP contribution >= 0.6 is 15.9 Å². The van der Waals surface area contributed by atoms with Crippen LogP contribution in [-0.2, 0) is 0 Å². The van der Waals surface area contributed by atoms with E-state index in [1.54, 1.807) is 12.1 Å². The van der Waals surface area contributed by atoms with Crippen molar-refractivity contribution in [1.29, 1.82) is 0 Å². The zero-order valence-electron chi connectivity index (χ0n) is 11.5. The Balaban J connectivity index is 1.94. The Morgan fingerprint density at radius 1 is 1.24 bits per heavy atom. The molecule has 4 nitrogen and oxygen atoms in total. The molecule has 0 aliphatic rings. The van der Waals surface area contributed by atoms with E-state index in [4.69, 9.17) is 0 Å². The summed E-state index contributed by atoms with van der Waals surface area (Å²) in [5.41, 5.74) is 4.84.